The molecule has 3 rings (SSSR count). The van der Waals surface area contributed by atoms with Gasteiger partial charge in [-0.05, 0) is 20.3 Å². The molecule has 2 fully saturated rings. The maximum Gasteiger partial charge on any atom is 0.353 e. The van der Waals surface area contributed by atoms with E-state index in [4.69, 9.17) is 23.3 Å². The molecule has 0 saturated carbocycles. The van der Waals surface area contributed by atoms with Gasteiger partial charge in [-0.15, -0.1) is 0 Å². The van der Waals surface area contributed by atoms with Gasteiger partial charge < -0.3 is 23.3 Å². The first-order valence-electron chi connectivity index (χ1n) is 17.5. The lowest BCUT2D eigenvalue weighted by atomic mass is 10.0. The zero-order valence-electron chi connectivity index (χ0n) is 28.1. The lowest BCUT2D eigenvalue weighted by molar-refractivity contribution is -0.200. The molecule has 1 unspecified atom stereocenters. The van der Waals surface area contributed by atoms with Gasteiger partial charge in [-0.1, -0.05) is 123 Å². The van der Waals surface area contributed by atoms with Crippen LogP contribution >= 0.6 is 7.60 Å². The number of rotatable bonds is 25. The van der Waals surface area contributed by atoms with Gasteiger partial charge >= 0.3 is 13.3 Å². The Morgan fingerprint density at radius 3 is 1.87 bits per heavy atom. The monoisotopic (exact) mass is 654 g/mol. The second kappa shape index (κ2) is 20.0. The van der Waals surface area contributed by atoms with Crippen molar-refractivity contribution in [2.24, 2.45) is 0 Å². The normalized spacial score (nSPS) is 23.6. The number of hydrogen-bond acceptors (Lipinski definition) is 8. The van der Waals surface area contributed by atoms with Crippen LogP contribution in [0.2, 0.25) is 0 Å². The van der Waals surface area contributed by atoms with Crippen LogP contribution in [-0.4, -0.2) is 46.9 Å². The zero-order chi connectivity index (χ0) is 32.5. The zero-order valence-corrected chi connectivity index (χ0v) is 28.9. The summed E-state index contributed by atoms with van der Waals surface area (Å²) in [6.45, 7) is 9.70. The molecule has 0 aliphatic carbocycles. The third-order valence-electron chi connectivity index (χ3n) is 8.66. The van der Waals surface area contributed by atoms with Crippen LogP contribution in [0.1, 0.15) is 143 Å². The average molecular weight is 655 g/mol. The highest BCUT2D eigenvalue weighted by atomic mass is 31.2. The minimum Gasteiger partial charge on any atom is -0.346 e. The van der Waals surface area contributed by atoms with E-state index in [1.54, 1.807) is 13.8 Å². The molecule has 258 valence electrons. The van der Waals surface area contributed by atoms with E-state index < -0.39 is 49.2 Å². The smallest absolute Gasteiger partial charge is 0.346 e. The van der Waals surface area contributed by atoms with Gasteiger partial charge in [-0.2, -0.15) is 0 Å². The van der Waals surface area contributed by atoms with Gasteiger partial charge in [0.05, 0.1) is 13.2 Å². The van der Waals surface area contributed by atoms with Gasteiger partial charge in [-0.25, -0.2) is 4.79 Å². The quantitative estimate of drug-likeness (QED) is 0.0826. The number of fused-ring (bicyclic) bond motifs is 1. The number of aromatic amines is 1. The Morgan fingerprint density at radius 1 is 0.844 bits per heavy atom. The van der Waals surface area contributed by atoms with Crippen molar-refractivity contribution in [2.45, 2.75) is 167 Å². The molecular formula is C34H59N2O8P. The molecule has 0 amide bonds. The van der Waals surface area contributed by atoms with Crippen molar-refractivity contribution < 1.29 is 27.8 Å². The van der Waals surface area contributed by atoms with E-state index in [1.165, 1.54) is 119 Å². The fourth-order valence-electron chi connectivity index (χ4n) is 6.16. The van der Waals surface area contributed by atoms with Crippen LogP contribution in [0.15, 0.2) is 34.2 Å². The second-order valence-corrected chi connectivity index (χ2v) is 15.0. The van der Waals surface area contributed by atoms with Crippen LogP contribution in [-0.2, 0) is 27.8 Å². The number of hydrogen-bond donors (Lipinski definition) is 1. The van der Waals surface area contributed by atoms with Crippen molar-refractivity contribution in [3.05, 3.63) is 45.5 Å². The van der Waals surface area contributed by atoms with Gasteiger partial charge in [0.15, 0.2) is 12.0 Å². The summed E-state index contributed by atoms with van der Waals surface area (Å²) in [5.41, 5.74) is -1.13. The standard InChI is InChI=1S/C34H59N2O8P/c1-5-7-8-9-10-11-12-13-14-15-16-17-18-19-20-21-22-23-26-40-45(39,6-2)41-27-28-30-31(44-34(3,4)43-30)32(42-28)36-25-24-29(37)35-33(36)38/h6,24-25,28,30-32H,2,5,7-23,26-27H2,1,3-4H3,(H,35,37,38)/t28-,30-,31-,32-,45?/m1/s1. The predicted molar refractivity (Wildman–Crippen MR) is 178 cm³/mol. The van der Waals surface area contributed by atoms with Crippen LogP contribution in [0.25, 0.3) is 0 Å². The van der Waals surface area contributed by atoms with Gasteiger partial charge in [0.2, 0.25) is 0 Å². The summed E-state index contributed by atoms with van der Waals surface area (Å²) >= 11 is 0. The first-order chi connectivity index (χ1) is 21.7. The molecule has 5 atom stereocenters. The molecule has 0 aromatic carbocycles. The third-order valence-corrected chi connectivity index (χ3v) is 10.2. The molecule has 1 N–H and O–H groups in total. The van der Waals surface area contributed by atoms with E-state index in [0.717, 1.165) is 19.3 Å². The highest BCUT2D eigenvalue weighted by Crippen LogP contribution is 2.51. The summed E-state index contributed by atoms with van der Waals surface area (Å²) in [4.78, 5) is 26.2. The molecule has 11 heteroatoms. The van der Waals surface area contributed by atoms with Crippen LogP contribution in [0.4, 0.5) is 0 Å². The summed E-state index contributed by atoms with van der Waals surface area (Å²) in [6.07, 6.45) is 22.0. The van der Waals surface area contributed by atoms with E-state index in [9.17, 15) is 14.2 Å². The largest absolute Gasteiger partial charge is 0.353 e. The fourth-order valence-corrected chi connectivity index (χ4v) is 7.18. The summed E-state index contributed by atoms with van der Waals surface area (Å²) in [7, 11) is -3.55. The number of H-pyrrole nitrogens is 1. The molecular weight excluding hydrogens is 595 g/mol. The Bertz CT molecular complexity index is 1150. The first kappa shape index (κ1) is 37.9. The Balaban J connectivity index is 1.24. The SMILES string of the molecule is C=CP(=O)(OCCCCCCCCCCCCCCCCCCCC)OC[C@H]1O[C@@H](n2ccc(=O)[nH]c2=O)[C@@H]2OC(C)(C)O[C@@H]21. The van der Waals surface area contributed by atoms with Crippen LogP contribution in [0, 0.1) is 0 Å². The van der Waals surface area contributed by atoms with Crippen LogP contribution in [0.3, 0.4) is 0 Å². The molecule has 1 aromatic rings. The fraction of sp³-hybridized carbons (Fsp3) is 0.824. The number of aromatic nitrogens is 2. The van der Waals surface area contributed by atoms with E-state index in [2.05, 4.69) is 18.5 Å². The van der Waals surface area contributed by atoms with E-state index in [1.807, 2.05) is 0 Å². The Morgan fingerprint density at radius 2 is 1.36 bits per heavy atom. The summed E-state index contributed by atoms with van der Waals surface area (Å²) in [5.74, 6) is 0.306. The lowest BCUT2D eigenvalue weighted by Crippen LogP contribution is -2.37. The number of unbranched alkanes of at least 4 members (excludes halogenated alkanes) is 17. The van der Waals surface area contributed by atoms with Gasteiger partial charge in [0.25, 0.3) is 5.56 Å². The van der Waals surface area contributed by atoms with Gasteiger partial charge in [0.1, 0.15) is 18.3 Å². The molecule has 0 radical (unpaired) electrons. The molecule has 1 aromatic heterocycles. The number of ether oxygens (including phenoxy) is 3. The minimum absolute atomic E-state index is 0.0996. The molecule has 0 bridgehead atoms. The Kier molecular flexibility index (Phi) is 16.8. The average Bonchev–Trinajstić information content (AvgIpc) is 3.50. The highest BCUT2D eigenvalue weighted by molar-refractivity contribution is 7.57. The van der Waals surface area contributed by atoms with Crippen LogP contribution < -0.4 is 11.2 Å². The molecule has 3 heterocycles. The van der Waals surface area contributed by atoms with Crippen molar-refractivity contribution in [1.82, 2.24) is 9.55 Å². The highest BCUT2D eigenvalue weighted by Gasteiger charge is 2.56. The maximum atomic E-state index is 13.2. The number of nitrogens with one attached hydrogen (secondary N) is 1. The molecule has 10 nitrogen and oxygen atoms in total. The Labute approximate surface area is 270 Å². The van der Waals surface area contributed by atoms with Crippen molar-refractivity contribution in [2.75, 3.05) is 13.2 Å². The number of nitrogens with zero attached hydrogens (tertiary/aromatic N) is 1. The minimum atomic E-state index is -3.55. The lowest BCUT2D eigenvalue weighted by Gasteiger charge is -2.25. The van der Waals surface area contributed by atoms with Crippen molar-refractivity contribution in [3.8, 4) is 0 Å². The molecule has 45 heavy (non-hydrogen) atoms. The molecule has 0 spiro atoms. The predicted octanol–water partition coefficient (Wildman–Crippen LogP) is 8.37. The molecule has 2 saturated heterocycles. The van der Waals surface area contributed by atoms with Gasteiger partial charge in [-0.3, -0.25) is 18.9 Å². The second-order valence-electron chi connectivity index (χ2n) is 13.0. The maximum absolute atomic E-state index is 13.2. The first-order valence-corrected chi connectivity index (χ1v) is 19.1. The topological polar surface area (TPSA) is 118 Å². The molecule has 2 aliphatic heterocycles. The van der Waals surface area contributed by atoms with E-state index in [0.29, 0.717) is 6.61 Å². The van der Waals surface area contributed by atoms with E-state index >= 15 is 0 Å². The van der Waals surface area contributed by atoms with Gasteiger partial charge in [0, 0.05) is 18.1 Å². The summed E-state index contributed by atoms with van der Waals surface area (Å²) < 4.78 is 43.9. The summed E-state index contributed by atoms with van der Waals surface area (Å²) in [6, 6.07) is 1.24. The molecule has 2 aliphatic rings. The van der Waals surface area contributed by atoms with Crippen molar-refractivity contribution in [1.29, 1.82) is 0 Å². The van der Waals surface area contributed by atoms with Crippen molar-refractivity contribution >= 4 is 7.60 Å². The third kappa shape index (κ3) is 13.2. The summed E-state index contributed by atoms with van der Waals surface area (Å²) in [5, 5.41) is 0. The van der Waals surface area contributed by atoms with E-state index in [-0.39, 0.29) is 6.61 Å². The van der Waals surface area contributed by atoms with Crippen molar-refractivity contribution in [3.63, 3.8) is 0 Å². The Hall–Kier alpha value is -1.55. The van der Waals surface area contributed by atoms with Crippen LogP contribution in [0.5, 0.6) is 0 Å².